The van der Waals surface area contributed by atoms with Crippen LogP contribution in [0.1, 0.15) is 184 Å². The number of Topliss-reactive ketones (excluding diaryl/α,β-unsaturated/α-hetero) is 3. The normalized spacial score (nSPS) is 16.2. The fraction of sp³-hybridized carbons (Fsp3) is 0.280. The van der Waals surface area contributed by atoms with Gasteiger partial charge >= 0.3 is 5.97 Å². The van der Waals surface area contributed by atoms with Gasteiger partial charge in [0, 0.05) is 22.3 Å². The second-order valence-electron chi connectivity index (χ2n) is 31.4. The smallest absolute Gasteiger partial charge is 0.339 e. The van der Waals surface area contributed by atoms with E-state index in [9.17, 15) is 39.0 Å². The number of carbonyl (C=O) groups excluding carboxylic acids is 5. The molecule has 4 unspecified atom stereocenters. The summed E-state index contributed by atoms with van der Waals surface area (Å²) < 4.78 is 107. The molecule has 130 heavy (non-hydrogen) atoms. The van der Waals surface area contributed by atoms with Gasteiger partial charge in [0.1, 0.15) is 92.2 Å². The number of methoxy groups -OCH3 is 2. The third-order valence-electron chi connectivity index (χ3n) is 20.1. The van der Waals surface area contributed by atoms with Gasteiger partial charge in [-0.3, -0.25) is 24.0 Å². The molecule has 0 saturated heterocycles. The standard InChI is InChI=1S/C21H20O7.C21H20O6.C20H17ClO5.C19H18O5.C11H14O3.C8H8O3/c1-11(2)27-13-5-7-15-14(9-13)20(24-3)18(21(22)23)19(28-15)12-4-6-16-17(8-12)26-10-25-16;1-12(2)26-14-5-7-17-15(9-14)21(23-3)16(10-22)20(27-17)13-4-6-18-19(8-13)25-11-24-18;1-11(2)25-13-4-6-16-14(8-13)19(21)15(9-22)20(26-16)12-3-5-17-18(7-12)24-10-23-17;1-11(2)23-13-4-6-16-14(8-13)15(20)9-18(24-16)12-3-5-17-19(7-12)22-10-21-17;1-7(2)14-9-4-5-11(13)10(6-9)8(3)12;1-5(9)7-4-6(10)2-3-8(7)11/h4-9,11,19H,10H2,1-3H3,(H,22,23);4-10,12,20H,11H2,1-3H3;3-9,11,20H,10H2,1-2H3;3-8,11,18H,9-10H2,1-2H3;4-7,13H,1-3H3;2-4,10-11H,1H3. The highest BCUT2D eigenvalue weighted by Crippen LogP contribution is 2.51. The molecule has 0 bridgehead atoms. The number of aldehydes is 2. The van der Waals surface area contributed by atoms with Crippen LogP contribution in [0.5, 0.6) is 115 Å². The Hall–Kier alpha value is -14.9. The zero-order chi connectivity index (χ0) is 92.9. The summed E-state index contributed by atoms with van der Waals surface area (Å²) in [5, 5.41) is 37.6. The van der Waals surface area contributed by atoms with Crippen molar-refractivity contribution in [3.8, 4) is 115 Å². The maximum atomic E-state index is 12.5. The third kappa shape index (κ3) is 21.9. The molecule has 8 heterocycles. The molecular formula is C100H97ClO29. The van der Waals surface area contributed by atoms with Crippen molar-refractivity contribution in [3.05, 3.63) is 254 Å². The largest absolute Gasteiger partial charge is 0.508 e. The molecule has 10 aromatic carbocycles. The summed E-state index contributed by atoms with van der Waals surface area (Å²) >= 11 is 6.54. The first kappa shape index (κ1) is 92.8. The van der Waals surface area contributed by atoms with Gasteiger partial charge in [-0.05, 0) is 246 Å². The Kier molecular flexibility index (Phi) is 29.5. The number of rotatable bonds is 21. The number of ether oxygens (including phenoxy) is 19. The Morgan fingerprint density at radius 1 is 0.369 bits per heavy atom. The highest BCUT2D eigenvalue weighted by Gasteiger charge is 2.39. The molecule has 4 atom stereocenters. The molecule has 0 saturated carbocycles. The van der Waals surface area contributed by atoms with Crippen molar-refractivity contribution in [2.45, 2.75) is 144 Å². The molecule has 8 aliphatic rings. The number of hydrogen-bond acceptors (Lipinski definition) is 28. The molecule has 0 spiro atoms. The Morgan fingerprint density at radius 3 is 1.09 bits per heavy atom. The van der Waals surface area contributed by atoms with Crippen molar-refractivity contribution >= 4 is 64.0 Å². The molecule has 8 aliphatic heterocycles. The number of carboxylic acid groups (broad SMARTS) is 1. The lowest BCUT2D eigenvalue weighted by atomic mass is 9.94. The first-order valence-corrected chi connectivity index (χ1v) is 41.9. The van der Waals surface area contributed by atoms with Gasteiger partial charge in [0.25, 0.3) is 0 Å². The molecule has 18 rings (SSSR count). The summed E-state index contributed by atoms with van der Waals surface area (Å²) in [5.74, 6) is 9.83. The number of fused-ring (bicyclic) bond motifs is 8. The van der Waals surface area contributed by atoms with E-state index in [0.717, 1.165) is 35.0 Å². The van der Waals surface area contributed by atoms with Crippen LogP contribution in [0.25, 0.3) is 16.6 Å². The van der Waals surface area contributed by atoms with Crippen LogP contribution in [0.4, 0.5) is 0 Å². The van der Waals surface area contributed by atoms with Crippen LogP contribution in [0.3, 0.4) is 0 Å². The minimum absolute atomic E-state index is 0.00592. The molecule has 10 aromatic rings. The first-order chi connectivity index (χ1) is 62.3. The van der Waals surface area contributed by atoms with Crippen LogP contribution < -0.4 is 80.5 Å². The number of phenols is 3. The summed E-state index contributed by atoms with van der Waals surface area (Å²) in [6.07, 6.45) is -0.429. The fourth-order valence-corrected chi connectivity index (χ4v) is 14.8. The maximum absolute atomic E-state index is 12.5. The zero-order valence-electron chi connectivity index (χ0n) is 73.6. The topological polar surface area (TPSA) is 359 Å². The Morgan fingerprint density at radius 2 is 0.692 bits per heavy atom. The number of aliphatic carboxylic acids is 1. The van der Waals surface area contributed by atoms with Gasteiger partial charge in [0.2, 0.25) is 27.2 Å². The molecule has 0 aromatic heterocycles. The van der Waals surface area contributed by atoms with E-state index in [4.69, 9.17) is 112 Å². The summed E-state index contributed by atoms with van der Waals surface area (Å²) in [5.41, 5.74) is 6.74. The second kappa shape index (κ2) is 41.3. The predicted molar refractivity (Wildman–Crippen MR) is 476 cm³/mol. The fourth-order valence-electron chi connectivity index (χ4n) is 14.5. The van der Waals surface area contributed by atoms with Crippen LogP contribution in [0.2, 0.25) is 0 Å². The van der Waals surface area contributed by atoms with E-state index in [1.807, 2.05) is 148 Å². The van der Waals surface area contributed by atoms with Gasteiger partial charge in [-0.15, -0.1) is 0 Å². The minimum atomic E-state index is -1.12. The first-order valence-electron chi connectivity index (χ1n) is 41.5. The van der Waals surface area contributed by atoms with E-state index in [2.05, 4.69) is 0 Å². The van der Waals surface area contributed by atoms with E-state index >= 15 is 0 Å². The summed E-state index contributed by atoms with van der Waals surface area (Å²) in [7, 11) is 2.99. The highest BCUT2D eigenvalue weighted by atomic mass is 35.5. The molecule has 0 amide bonds. The van der Waals surface area contributed by atoms with E-state index in [0.29, 0.717) is 147 Å². The third-order valence-corrected chi connectivity index (χ3v) is 20.5. The number of ketones is 3. The van der Waals surface area contributed by atoms with Crippen molar-refractivity contribution in [2.75, 3.05) is 41.4 Å². The number of hydrogen-bond donors (Lipinski definition) is 4. The molecule has 29 nitrogen and oxygen atoms in total. The molecule has 0 radical (unpaired) electrons. The van der Waals surface area contributed by atoms with Gasteiger partial charge in [-0.1, -0.05) is 35.9 Å². The van der Waals surface area contributed by atoms with Crippen LogP contribution in [-0.2, 0) is 23.9 Å². The number of carbonyl (C=O) groups is 6. The van der Waals surface area contributed by atoms with Crippen molar-refractivity contribution in [3.63, 3.8) is 0 Å². The van der Waals surface area contributed by atoms with Crippen LogP contribution >= 0.6 is 11.6 Å². The summed E-state index contributed by atoms with van der Waals surface area (Å²) in [4.78, 5) is 70.2. The number of aromatic hydroxyl groups is 3. The van der Waals surface area contributed by atoms with Crippen molar-refractivity contribution in [1.82, 2.24) is 0 Å². The van der Waals surface area contributed by atoms with Crippen molar-refractivity contribution in [2.24, 2.45) is 0 Å². The van der Waals surface area contributed by atoms with Crippen LogP contribution in [-0.4, -0.2) is 128 Å². The van der Waals surface area contributed by atoms with Crippen molar-refractivity contribution < 1.29 is 139 Å². The quantitative estimate of drug-likeness (QED) is 0.0295. The Labute approximate surface area is 754 Å². The van der Waals surface area contributed by atoms with E-state index in [1.165, 1.54) is 45.2 Å². The van der Waals surface area contributed by atoms with E-state index in [-0.39, 0.29) is 122 Å². The molecule has 4 N–H and O–H groups in total. The van der Waals surface area contributed by atoms with Crippen LogP contribution in [0.15, 0.2) is 199 Å². The monoisotopic (exact) mass is 1800 g/mol. The van der Waals surface area contributed by atoms with Gasteiger partial charge < -0.3 is 110 Å². The maximum Gasteiger partial charge on any atom is 0.339 e. The molecule has 30 heteroatoms. The van der Waals surface area contributed by atoms with Crippen molar-refractivity contribution in [1.29, 1.82) is 0 Å². The average Bonchev–Trinajstić information content (AvgIpc) is 1.10. The molecule has 678 valence electrons. The molecule has 0 fully saturated rings. The zero-order valence-corrected chi connectivity index (χ0v) is 74.3. The van der Waals surface area contributed by atoms with E-state index in [1.54, 1.807) is 86.0 Å². The summed E-state index contributed by atoms with van der Waals surface area (Å²) in [6.45, 7) is 22.8. The van der Waals surface area contributed by atoms with Gasteiger partial charge in [-0.2, -0.15) is 0 Å². The predicted octanol–water partition coefficient (Wildman–Crippen LogP) is 19.7. The summed E-state index contributed by atoms with van der Waals surface area (Å²) in [6, 6.07) is 51.9. The lowest BCUT2D eigenvalue weighted by Crippen LogP contribution is -2.23. The van der Waals surface area contributed by atoms with Gasteiger partial charge in [0.15, 0.2) is 94.2 Å². The lowest BCUT2D eigenvalue weighted by molar-refractivity contribution is -0.133. The lowest BCUT2D eigenvalue weighted by Gasteiger charge is -2.29. The van der Waals surface area contributed by atoms with Crippen LogP contribution in [0, 0.1) is 0 Å². The second-order valence-corrected chi connectivity index (χ2v) is 31.8. The van der Waals surface area contributed by atoms with Gasteiger partial charge in [-0.25, -0.2) is 4.79 Å². The minimum Gasteiger partial charge on any atom is -0.508 e. The Bertz CT molecular complexity index is 6020. The number of phenolic OH excluding ortho intramolecular Hbond substituents is 3. The van der Waals surface area contributed by atoms with E-state index < -0.39 is 24.3 Å². The number of benzene rings is 10. The van der Waals surface area contributed by atoms with Gasteiger partial charge in [0.05, 0.1) is 95.2 Å². The Balaban J connectivity index is 0.000000136. The highest BCUT2D eigenvalue weighted by molar-refractivity contribution is 6.51. The molecule has 0 aliphatic carbocycles. The average molecular weight is 1800 g/mol. The number of carboxylic acids is 1. The SMILES string of the molecule is CC(=O)c1cc(O)ccc1O.CC(=O)c1cc(OC(C)C)ccc1O.CC(C)Oc1ccc2c(c1)C(=O)CC(c1ccc3c(c1)OCO3)O2.CC(C)Oc1ccc2c(c1)C(Cl)=C(C=O)C(c1ccc3c(c1)OCO3)O2.COC1=C(C(=O)O)C(c2ccc3c(c2)OCO3)Oc2ccc(OC(C)C)cc21.COC1=C(C=O)C(c2ccc3c(c2)OCO3)Oc2ccc(OC(C)C)cc21. The molecular weight excluding hydrogens is 1700 g/mol. The number of halogens is 1.